The molecule has 0 saturated heterocycles. The molecule has 1 heterocycles. The molecule has 6 heteroatoms. The van der Waals surface area contributed by atoms with E-state index in [1.165, 1.54) is 4.70 Å². The highest BCUT2D eigenvalue weighted by atomic mass is 32.1. The number of hydrogen-bond acceptors (Lipinski definition) is 5. The molecule has 2 aromatic carbocycles. The summed E-state index contributed by atoms with van der Waals surface area (Å²) in [6.07, 6.45) is 0. The van der Waals surface area contributed by atoms with Gasteiger partial charge in [-0.05, 0) is 57.3 Å². The highest BCUT2D eigenvalue weighted by Gasteiger charge is 2.18. The van der Waals surface area contributed by atoms with E-state index in [2.05, 4.69) is 23.3 Å². The molecule has 136 valence electrons. The fourth-order valence-electron chi connectivity index (χ4n) is 2.62. The van der Waals surface area contributed by atoms with Crippen LogP contribution in [0, 0.1) is 0 Å². The van der Waals surface area contributed by atoms with E-state index in [1.54, 1.807) is 11.3 Å². The Morgan fingerprint density at radius 3 is 2.65 bits per heavy atom. The maximum atomic E-state index is 12.3. The lowest BCUT2D eigenvalue weighted by Crippen LogP contribution is -2.32. The van der Waals surface area contributed by atoms with Crippen molar-refractivity contribution < 1.29 is 9.53 Å². The highest BCUT2D eigenvalue weighted by molar-refractivity contribution is 7.18. The van der Waals surface area contributed by atoms with Crippen molar-refractivity contribution in [3.05, 3.63) is 53.5 Å². The van der Waals surface area contributed by atoms with Crippen molar-refractivity contribution in [1.29, 1.82) is 0 Å². The van der Waals surface area contributed by atoms with E-state index < -0.39 is 0 Å². The van der Waals surface area contributed by atoms with Crippen LogP contribution in [0.3, 0.4) is 0 Å². The normalized spacial score (nSPS) is 12.3. The quantitative estimate of drug-likeness (QED) is 0.674. The molecule has 0 fully saturated rings. The highest BCUT2D eigenvalue weighted by Crippen LogP contribution is 2.28. The average Bonchev–Trinajstić information content (AvgIpc) is 3.07. The number of thiazole rings is 1. The third-order valence-corrected chi connectivity index (χ3v) is 5.38. The van der Waals surface area contributed by atoms with Crippen molar-refractivity contribution in [3.8, 4) is 5.75 Å². The van der Waals surface area contributed by atoms with Crippen molar-refractivity contribution in [1.82, 2.24) is 9.88 Å². The fraction of sp³-hybridized carbons (Fsp3) is 0.300. The zero-order valence-corrected chi connectivity index (χ0v) is 16.0. The molecule has 0 unspecified atom stereocenters. The second kappa shape index (κ2) is 8.29. The Bertz CT molecular complexity index is 843. The molecule has 1 amide bonds. The molecule has 1 atom stereocenters. The van der Waals surface area contributed by atoms with Crippen LogP contribution in [0.4, 0.5) is 5.69 Å². The van der Waals surface area contributed by atoms with Crippen LogP contribution in [0.1, 0.15) is 24.9 Å². The van der Waals surface area contributed by atoms with Gasteiger partial charge in [-0.3, -0.25) is 9.69 Å². The number of aromatic nitrogens is 1. The Morgan fingerprint density at radius 2 is 1.96 bits per heavy atom. The zero-order chi connectivity index (χ0) is 18.5. The number of fused-ring (bicyclic) bond motifs is 1. The van der Waals surface area contributed by atoms with Crippen LogP contribution in [-0.2, 0) is 4.79 Å². The van der Waals surface area contributed by atoms with Crippen LogP contribution < -0.4 is 10.1 Å². The molecule has 1 N–H and O–H groups in total. The van der Waals surface area contributed by atoms with Crippen molar-refractivity contribution in [3.63, 3.8) is 0 Å². The molecule has 0 spiro atoms. The van der Waals surface area contributed by atoms with E-state index in [-0.39, 0.29) is 11.9 Å². The van der Waals surface area contributed by atoms with Gasteiger partial charge in [0.05, 0.1) is 29.4 Å². The number of nitrogens with one attached hydrogen (secondary N) is 1. The summed E-state index contributed by atoms with van der Waals surface area (Å²) in [7, 11) is 1.94. The van der Waals surface area contributed by atoms with Gasteiger partial charge in [-0.2, -0.15) is 0 Å². The molecule has 3 rings (SSSR count). The predicted octanol–water partition coefficient (Wildman–Crippen LogP) is 4.33. The Hall–Kier alpha value is -2.44. The average molecular weight is 369 g/mol. The number of likely N-dealkylation sites (N-methyl/N-ethyl adjacent to an activating group) is 1. The third kappa shape index (κ3) is 4.39. The number of hydrogen-bond donors (Lipinski definition) is 1. The van der Waals surface area contributed by atoms with Crippen LogP contribution in [0.2, 0.25) is 0 Å². The minimum atomic E-state index is -0.0513. The molecular weight excluding hydrogens is 346 g/mol. The molecular formula is C20H23N3O2S. The van der Waals surface area contributed by atoms with Crippen LogP contribution in [-0.4, -0.2) is 36.0 Å². The number of ether oxygens (including phenoxy) is 1. The summed E-state index contributed by atoms with van der Waals surface area (Å²) in [5.41, 5.74) is 1.77. The van der Waals surface area contributed by atoms with Gasteiger partial charge in [0.2, 0.25) is 5.91 Å². The van der Waals surface area contributed by atoms with E-state index in [1.807, 2.05) is 61.3 Å². The SMILES string of the molecule is CCOc1ccc(NC(=O)CN(C)[C@H](C)c2nc3ccccc3s2)cc1. The Kier molecular flexibility index (Phi) is 5.85. The van der Waals surface area contributed by atoms with E-state index in [9.17, 15) is 4.79 Å². The van der Waals surface area contributed by atoms with Gasteiger partial charge in [-0.15, -0.1) is 11.3 Å². The van der Waals surface area contributed by atoms with Crippen molar-refractivity contribution in [2.45, 2.75) is 19.9 Å². The lowest BCUT2D eigenvalue weighted by molar-refractivity contribution is -0.117. The molecule has 26 heavy (non-hydrogen) atoms. The predicted molar refractivity (Wildman–Crippen MR) is 107 cm³/mol. The first-order valence-electron chi connectivity index (χ1n) is 8.65. The van der Waals surface area contributed by atoms with Crippen molar-refractivity contribution in [2.75, 3.05) is 25.5 Å². The zero-order valence-electron chi connectivity index (χ0n) is 15.2. The number of amides is 1. The minimum absolute atomic E-state index is 0.0513. The van der Waals surface area contributed by atoms with Gasteiger partial charge < -0.3 is 10.1 Å². The smallest absolute Gasteiger partial charge is 0.238 e. The topological polar surface area (TPSA) is 54.5 Å². The summed E-state index contributed by atoms with van der Waals surface area (Å²) in [6.45, 7) is 4.93. The minimum Gasteiger partial charge on any atom is -0.494 e. The van der Waals surface area contributed by atoms with Crippen LogP contribution in [0.15, 0.2) is 48.5 Å². The van der Waals surface area contributed by atoms with E-state index in [4.69, 9.17) is 4.74 Å². The molecule has 0 aliphatic carbocycles. The van der Waals surface area contributed by atoms with Gasteiger partial charge in [-0.25, -0.2) is 4.98 Å². The van der Waals surface area contributed by atoms with Crippen molar-refractivity contribution >= 4 is 33.1 Å². The maximum absolute atomic E-state index is 12.3. The summed E-state index contributed by atoms with van der Waals surface area (Å²) < 4.78 is 6.58. The molecule has 0 bridgehead atoms. The fourth-order valence-corrected chi connectivity index (χ4v) is 3.71. The number of benzene rings is 2. The largest absolute Gasteiger partial charge is 0.494 e. The lowest BCUT2D eigenvalue weighted by atomic mass is 10.3. The second-order valence-corrected chi connectivity index (χ2v) is 7.18. The molecule has 0 aliphatic rings. The standard InChI is InChI=1S/C20H23N3O2S/c1-4-25-16-11-9-15(10-12-16)21-19(24)13-23(3)14(2)20-22-17-7-5-6-8-18(17)26-20/h5-12,14H,4,13H2,1-3H3,(H,21,24)/t14-/m1/s1. The van der Waals surface area contributed by atoms with E-state index >= 15 is 0 Å². The molecule has 0 aliphatic heterocycles. The van der Waals surface area contributed by atoms with Crippen LogP contribution in [0.25, 0.3) is 10.2 Å². The lowest BCUT2D eigenvalue weighted by Gasteiger charge is -2.22. The first-order chi connectivity index (χ1) is 12.6. The molecule has 5 nitrogen and oxygen atoms in total. The Labute approximate surface area is 157 Å². The van der Waals surface area contributed by atoms with Crippen LogP contribution >= 0.6 is 11.3 Å². The summed E-state index contributed by atoms with van der Waals surface area (Å²) in [6, 6.07) is 15.6. The summed E-state index contributed by atoms with van der Waals surface area (Å²) in [5, 5.41) is 3.94. The first kappa shape index (κ1) is 18.4. The van der Waals surface area contributed by atoms with E-state index in [0.29, 0.717) is 13.2 Å². The second-order valence-electron chi connectivity index (χ2n) is 6.12. The third-order valence-electron chi connectivity index (χ3n) is 4.17. The molecule has 1 aromatic heterocycles. The number of para-hydroxylation sites is 1. The van der Waals surface area contributed by atoms with Gasteiger partial charge in [0.1, 0.15) is 10.8 Å². The molecule has 0 saturated carbocycles. The van der Waals surface area contributed by atoms with Gasteiger partial charge >= 0.3 is 0 Å². The van der Waals surface area contributed by atoms with Crippen LogP contribution in [0.5, 0.6) is 5.75 Å². The monoisotopic (exact) mass is 369 g/mol. The number of anilines is 1. The number of carbonyl (C=O) groups excluding carboxylic acids is 1. The molecule has 0 radical (unpaired) electrons. The van der Waals surface area contributed by atoms with Gasteiger partial charge in [-0.1, -0.05) is 12.1 Å². The molecule has 3 aromatic rings. The van der Waals surface area contributed by atoms with Crippen molar-refractivity contribution in [2.24, 2.45) is 0 Å². The van der Waals surface area contributed by atoms with Gasteiger partial charge in [0.15, 0.2) is 0 Å². The van der Waals surface area contributed by atoms with E-state index in [0.717, 1.165) is 22.0 Å². The maximum Gasteiger partial charge on any atom is 0.238 e. The number of nitrogens with zero attached hydrogens (tertiary/aromatic N) is 2. The summed E-state index contributed by atoms with van der Waals surface area (Å²) >= 11 is 1.67. The summed E-state index contributed by atoms with van der Waals surface area (Å²) in [5.74, 6) is 0.747. The Morgan fingerprint density at radius 1 is 1.23 bits per heavy atom. The number of rotatable bonds is 7. The summed E-state index contributed by atoms with van der Waals surface area (Å²) in [4.78, 5) is 19.0. The Balaban J connectivity index is 1.59. The van der Waals surface area contributed by atoms with Gasteiger partial charge in [0.25, 0.3) is 0 Å². The number of carbonyl (C=O) groups is 1. The first-order valence-corrected chi connectivity index (χ1v) is 9.47. The van der Waals surface area contributed by atoms with Gasteiger partial charge in [0, 0.05) is 5.69 Å².